The Hall–Kier alpha value is -2.88. The van der Waals surface area contributed by atoms with Crippen molar-refractivity contribution in [1.29, 1.82) is 5.26 Å². The largest absolute Gasteiger partial charge is 0.465 e. The van der Waals surface area contributed by atoms with Crippen molar-refractivity contribution in [2.45, 2.75) is 33.2 Å². The summed E-state index contributed by atoms with van der Waals surface area (Å²) < 4.78 is 6.94. The lowest BCUT2D eigenvalue weighted by atomic mass is 9.97. The molecule has 0 spiro atoms. The Balaban J connectivity index is 1.84. The average Bonchev–Trinajstić information content (AvgIpc) is 3.05. The number of anilines is 1. The molecular weight excluding hydrogens is 330 g/mol. The molecule has 2 aromatic rings. The predicted octanol–water partition coefficient (Wildman–Crippen LogP) is 2.47. The lowest BCUT2D eigenvalue weighted by Gasteiger charge is -2.34. The summed E-state index contributed by atoms with van der Waals surface area (Å²) >= 11 is 0. The number of carbonyl (C=O) groups excluding carboxylic acids is 1. The molecule has 136 valence electrons. The predicted molar refractivity (Wildman–Crippen MR) is 96.9 cm³/mol. The van der Waals surface area contributed by atoms with E-state index in [1.807, 2.05) is 19.3 Å². The van der Waals surface area contributed by atoms with Crippen molar-refractivity contribution in [2.75, 3.05) is 25.1 Å². The molecular formula is C19H23N5O2. The van der Waals surface area contributed by atoms with E-state index in [9.17, 15) is 10.1 Å². The molecule has 7 heteroatoms. The molecule has 0 saturated carbocycles. The van der Waals surface area contributed by atoms with Gasteiger partial charge in [0.2, 0.25) is 0 Å². The van der Waals surface area contributed by atoms with Gasteiger partial charge in [-0.1, -0.05) is 0 Å². The monoisotopic (exact) mass is 353 g/mol. The van der Waals surface area contributed by atoms with Gasteiger partial charge in [0.05, 0.1) is 23.9 Å². The standard InChI is InChI=1S/C19H23N5O2/c1-13-17(19(25)26-3)9-16(10-20)18(22-13)24-7-4-5-15(12-24)11-23-8-6-21-14(23)2/h6,8-9,15H,4-5,7,11-12H2,1-3H3/t15-/m1/s1. The van der Waals surface area contributed by atoms with Gasteiger partial charge in [-0.25, -0.2) is 14.8 Å². The van der Waals surface area contributed by atoms with Crippen molar-refractivity contribution >= 4 is 11.8 Å². The maximum atomic E-state index is 11.9. The summed E-state index contributed by atoms with van der Waals surface area (Å²) in [5.74, 6) is 1.66. The van der Waals surface area contributed by atoms with Crippen LogP contribution in [0.5, 0.6) is 0 Å². The number of hydrogen-bond donors (Lipinski definition) is 0. The van der Waals surface area contributed by atoms with Gasteiger partial charge in [0.25, 0.3) is 0 Å². The van der Waals surface area contributed by atoms with Crippen molar-refractivity contribution in [3.05, 3.63) is 41.1 Å². The van der Waals surface area contributed by atoms with E-state index in [2.05, 4.69) is 25.5 Å². The Morgan fingerprint density at radius 1 is 1.46 bits per heavy atom. The van der Waals surface area contributed by atoms with Gasteiger partial charge in [-0.15, -0.1) is 0 Å². The Kier molecular flexibility index (Phi) is 5.21. The highest BCUT2D eigenvalue weighted by Gasteiger charge is 2.25. The number of rotatable bonds is 4. The summed E-state index contributed by atoms with van der Waals surface area (Å²) in [5, 5.41) is 9.55. The van der Waals surface area contributed by atoms with Gasteiger partial charge >= 0.3 is 5.97 Å². The van der Waals surface area contributed by atoms with Gasteiger partial charge in [-0.3, -0.25) is 0 Å². The lowest BCUT2D eigenvalue weighted by molar-refractivity contribution is 0.0599. The second-order valence-electron chi connectivity index (χ2n) is 6.68. The van der Waals surface area contributed by atoms with Crippen molar-refractivity contribution in [2.24, 2.45) is 5.92 Å². The first-order valence-electron chi connectivity index (χ1n) is 8.76. The van der Waals surface area contributed by atoms with Crippen LogP contribution in [0, 0.1) is 31.1 Å². The lowest BCUT2D eigenvalue weighted by Crippen LogP contribution is -2.38. The van der Waals surface area contributed by atoms with Crippen LogP contribution in [-0.4, -0.2) is 40.7 Å². The SMILES string of the molecule is COC(=O)c1cc(C#N)c(N2CCC[C@H](Cn3ccnc3C)C2)nc1C. The molecule has 0 aromatic carbocycles. The summed E-state index contributed by atoms with van der Waals surface area (Å²) in [6, 6.07) is 3.77. The Labute approximate surface area is 153 Å². The number of aromatic nitrogens is 3. The molecule has 7 nitrogen and oxygen atoms in total. The van der Waals surface area contributed by atoms with E-state index in [-0.39, 0.29) is 0 Å². The number of aryl methyl sites for hydroxylation is 2. The zero-order valence-corrected chi connectivity index (χ0v) is 15.4. The number of imidazole rings is 1. The fourth-order valence-corrected chi connectivity index (χ4v) is 3.51. The van der Waals surface area contributed by atoms with E-state index < -0.39 is 5.97 Å². The zero-order valence-electron chi connectivity index (χ0n) is 15.4. The maximum Gasteiger partial charge on any atom is 0.339 e. The van der Waals surface area contributed by atoms with Gasteiger partial charge in [-0.2, -0.15) is 5.26 Å². The molecule has 0 N–H and O–H groups in total. The summed E-state index contributed by atoms with van der Waals surface area (Å²) in [4.78, 5) is 22.9. The molecule has 1 aliphatic rings. The highest BCUT2D eigenvalue weighted by atomic mass is 16.5. The van der Waals surface area contributed by atoms with E-state index in [0.29, 0.717) is 28.6 Å². The third kappa shape index (κ3) is 3.54. The van der Waals surface area contributed by atoms with Crippen molar-refractivity contribution < 1.29 is 9.53 Å². The molecule has 0 aliphatic carbocycles. The molecule has 26 heavy (non-hydrogen) atoms. The van der Waals surface area contributed by atoms with Gasteiger partial charge in [-0.05, 0) is 38.7 Å². The highest BCUT2D eigenvalue weighted by molar-refractivity contribution is 5.91. The number of pyridine rings is 1. The number of nitriles is 1. The van der Waals surface area contributed by atoms with Gasteiger partial charge in [0, 0.05) is 32.0 Å². The second kappa shape index (κ2) is 7.56. The summed E-state index contributed by atoms with van der Waals surface area (Å²) in [5.41, 5.74) is 1.34. The summed E-state index contributed by atoms with van der Waals surface area (Å²) in [7, 11) is 1.33. The average molecular weight is 353 g/mol. The van der Waals surface area contributed by atoms with Gasteiger partial charge < -0.3 is 14.2 Å². The number of nitrogens with zero attached hydrogens (tertiary/aromatic N) is 5. The quantitative estimate of drug-likeness (QED) is 0.785. The Morgan fingerprint density at radius 2 is 2.27 bits per heavy atom. The number of hydrogen-bond acceptors (Lipinski definition) is 6. The molecule has 0 unspecified atom stereocenters. The Morgan fingerprint density at radius 3 is 2.92 bits per heavy atom. The topological polar surface area (TPSA) is 84.0 Å². The normalized spacial score (nSPS) is 17.0. The van der Waals surface area contributed by atoms with Crippen LogP contribution in [0.1, 0.15) is 40.3 Å². The molecule has 3 heterocycles. The molecule has 1 saturated heterocycles. The molecule has 0 amide bonds. The minimum absolute atomic E-state index is 0.343. The van der Waals surface area contributed by atoms with Crippen LogP contribution < -0.4 is 4.90 Å². The Bertz CT molecular complexity index is 852. The van der Waals surface area contributed by atoms with Crippen LogP contribution in [0.4, 0.5) is 5.82 Å². The minimum Gasteiger partial charge on any atom is -0.465 e. The molecule has 1 fully saturated rings. The van der Waals surface area contributed by atoms with E-state index in [1.165, 1.54) is 7.11 Å². The first-order valence-corrected chi connectivity index (χ1v) is 8.76. The number of methoxy groups -OCH3 is 1. The van der Waals surface area contributed by atoms with Crippen LogP contribution in [0.3, 0.4) is 0 Å². The van der Waals surface area contributed by atoms with Crippen LogP contribution in [0.2, 0.25) is 0 Å². The van der Waals surface area contributed by atoms with Crippen molar-refractivity contribution in [1.82, 2.24) is 14.5 Å². The summed E-state index contributed by atoms with van der Waals surface area (Å²) in [6.45, 7) is 6.37. The molecule has 3 rings (SSSR count). The molecule has 0 bridgehead atoms. The van der Waals surface area contributed by atoms with Crippen LogP contribution in [0.15, 0.2) is 18.5 Å². The van der Waals surface area contributed by atoms with E-state index in [0.717, 1.165) is 38.3 Å². The van der Waals surface area contributed by atoms with E-state index in [1.54, 1.807) is 13.0 Å². The van der Waals surface area contributed by atoms with Crippen LogP contribution in [-0.2, 0) is 11.3 Å². The third-order valence-electron chi connectivity index (χ3n) is 4.92. The number of carbonyl (C=O) groups is 1. The van der Waals surface area contributed by atoms with Crippen molar-refractivity contribution in [3.8, 4) is 6.07 Å². The number of piperidine rings is 1. The fourth-order valence-electron chi connectivity index (χ4n) is 3.51. The second-order valence-corrected chi connectivity index (χ2v) is 6.68. The first kappa shape index (κ1) is 17.9. The number of ether oxygens (including phenoxy) is 1. The fraction of sp³-hybridized carbons (Fsp3) is 0.474. The van der Waals surface area contributed by atoms with Crippen LogP contribution >= 0.6 is 0 Å². The summed E-state index contributed by atoms with van der Waals surface area (Å²) in [6.07, 6.45) is 6.00. The highest BCUT2D eigenvalue weighted by Crippen LogP contribution is 2.27. The molecule has 2 aromatic heterocycles. The van der Waals surface area contributed by atoms with Crippen molar-refractivity contribution in [3.63, 3.8) is 0 Å². The maximum absolute atomic E-state index is 11.9. The molecule has 1 atom stereocenters. The minimum atomic E-state index is -0.467. The van der Waals surface area contributed by atoms with E-state index in [4.69, 9.17) is 4.74 Å². The zero-order chi connectivity index (χ0) is 18.7. The smallest absolute Gasteiger partial charge is 0.339 e. The van der Waals surface area contributed by atoms with Crippen LogP contribution in [0.25, 0.3) is 0 Å². The first-order chi connectivity index (χ1) is 12.5. The number of esters is 1. The third-order valence-corrected chi connectivity index (χ3v) is 4.92. The van der Waals surface area contributed by atoms with Gasteiger partial charge in [0.15, 0.2) is 0 Å². The molecule has 0 radical (unpaired) electrons. The van der Waals surface area contributed by atoms with Gasteiger partial charge in [0.1, 0.15) is 17.7 Å². The molecule has 1 aliphatic heterocycles. The van der Waals surface area contributed by atoms with E-state index >= 15 is 0 Å².